The number of nitro groups is 1. The van der Waals surface area contributed by atoms with Crippen LogP contribution in [0.3, 0.4) is 0 Å². The van der Waals surface area contributed by atoms with E-state index in [9.17, 15) is 19.7 Å². The second-order valence-corrected chi connectivity index (χ2v) is 5.74. The number of likely N-dealkylation sites (tertiary alicyclic amines) is 1. The van der Waals surface area contributed by atoms with Crippen molar-refractivity contribution in [2.45, 2.75) is 38.6 Å². The number of non-ortho nitro benzene ring substituents is 1. The lowest BCUT2D eigenvalue weighted by Gasteiger charge is -2.33. The van der Waals surface area contributed by atoms with E-state index >= 15 is 0 Å². The van der Waals surface area contributed by atoms with Crippen LogP contribution in [0.2, 0.25) is 0 Å². The summed E-state index contributed by atoms with van der Waals surface area (Å²) in [6, 6.07) is 5.65. The minimum Gasteiger partial charge on any atom is -0.352 e. The summed E-state index contributed by atoms with van der Waals surface area (Å²) in [7, 11) is 0. The number of benzene rings is 1. The second kappa shape index (κ2) is 7.71. The van der Waals surface area contributed by atoms with E-state index in [2.05, 4.69) is 5.32 Å². The molecule has 7 heteroatoms. The highest BCUT2D eigenvalue weighted by Gasteiger charge is 2.22. The van der Waals surface area contributed by atoms with Gasteiger partial charge in [-0.05, 0) is 38.3 Å². The Morgan fingerprint density at radius 1 is 1.30 bits per heavy atom. The van der Waals surface area contributed by atoms with Crippen molar-refractivity contribution in [1.82, 2.24) is 10.2 Å². The average Bonchev–Trinajstić information content (AvgIpc) is 2.55. The van der Waals surface area contributed by atoms with Gasteiger partial charge in [-0.1, -0.05) is 0 Å². The normalized spacial score (nSPS) is 17.6. The molecule has 23 heavy (non-hydrogen) atoms. The zero-order valence-corrected chi connectivity index (χ0v) is 13.2. The van der Waals surface area contributed by atoms with Crippen LogP contribution in [0.25, 0.3) is 0 Å². The molecule has 1 unspecified atom stereocenters. The number of nitro benzene ring substituents is 1. The first-order valence-corrected chi connectivity index (χ1v) is 7.81. The predicted octanol–water partition coefficient (Wildman–Crippen LogP) is 2.12. The maximum absolute atomic E-state index is 12.1. The molecule has 1 N–H and O–H groups in total. The maximum Gasteiger partial charge on any atom is 0.269 e. The Balaban J connectivity index is 1.80. The first kappa shape index (κ1) is 16.9. The summed E-state index contributed by atoms with van der Waals surface area (Å²) in [5, 5.41) is 13.2. The summed E-state index contributed by atoms with van der Waals surface area (Å²) in [4.78, 5) is 36.0. The largest absolute Gasteiger partial charge is 0.352 e. The van der Waals surface area contributed by atoms with Gasteiger partial charge in [0, 0.05) is 43.2 Å². The highest BCUT2D eigenvalue weighted by molar-refractivity contribution is 5.94. The second-order valence-electron chi connectivity index (χ2n) is 5.74. The van der Waals surface area contributed by atoms with Crippen molar-refractivity contribution in [2.75, 3.05) is 13.1 Å². The molecule has 0 bridgehead atoms. The molecule has 1 aromatic carbocycles. The first-order valence-electron chi connectivity index (χ1n) is 7.81. The summed E-state index contributed by atoms with van der Waals surface area (Å²) >= 11 is 0. The Hall–Kier alpha value is -2.44. The van der Waals surface area contributed by atoms with Crippen LogP contribution in [0.15, 0.2) is 24.3 Å². The molecule has 0 radical (unpaired) electrons. The number of carbonyl (C=O) groups is 2. The van der Waals surface area contributed by atoms with E-state index in [1.165, 1.54) is 24.3 Å². The molecule has 1 saturated heterocycles. The predicted molar refractivity (Wildman–Crippen MR) is 85.1 cm³/mol. The molecule has 0 saturated carbocycles. The molecule has 0 aromatic heterocycles. The molecule has 1 aliphatic heterocycles. The highest BCUT2D eigenvalue weighted by atomic mass is 16.6. The van der Waals surface area contributed by atoms with E-state index in [1.807, 2.05) is 11.8 Å². The number of carbonyl (C=O) groups excluding carboxylic acids is 2. The van der Waals surface area contributed by atoms with Crippen LogP contribution in [0.4, 0.5) is 5.69 Å². The lowest BCUT2D eigenvalue weighted by atomic mass is 10.0. The van der Waals surface area contributed by atoms with Crippen LogP contribution in [0.1, 0.15) is 43.0 Å². The molecule has 1 aliphatic rings. The number of piperidine rings is 1. The highest BCUT2D eigenvalue weighted by Crippen LogP contribution is 2.17. The Kier molecular flexibility index (Phi) is 5.67. The van der Waals surface area contributed by atoms with Gasteiger partial charge in [0.25, 0.3) is 11.6 Å². The summed E-state index contributed by atoms with van der Waals surface area (Å²) in [6.45, 7) is 3.10. The van der Waals surface area contributed by atoms with Crippen molar-refractivity contribution in [3.8, 4) is 0 Å². The minimum atomic E-state index is -0.514. The van der Waals surface area contributed by atoms with Gasteiger partial charge in [-0.15, -0.1) is 0 Å². The smallest absolute Gasteiger partial charge is 0.269 e. The van der Waals surface area contributed by atoms with Gasteiger partial charge in [0.2, 0.25) is 5.91 Å². The molecule has 0 spiro atoms. The van der Waals surface area contributed by atoms with Gasteiger partial charge < -0.3 is 10.2 Å². The fourth-order valence-corrected chi connectivity index (χ4v) is 2.73. The number of rotatable bonds is 5. The summed E-state index contributed by atoms with van der Waals surface area (Å²) in [5.74, 6) is -0.277. The molecule has 1 atom stereocenters. The molecule has 2 amide bonds. The van der Waals surface area contributed by atoms with E-state index in [0.717, 1.165) is 25.8 Å². The van der Waals surface area contributed by atoms with E-state index in [4.69, 9.17) is 0 Å². The Morgan fingerprint density at radius 2 is 2.00 bits per heavy atom. The van der Waals surface area contributed by atoms with Crippen molar-refractivity contribution in [3.05, 3.63) is 39.9 Å². The van der Waals surface area contributed by atoms with E-state index in [0.29, 0.717) is 5.56 Å². The zero-order valence-electron chi connectivity index (χ0n) is 13.2. The van der Waals surface area contributed by atoms with Crippen LogP contribution in [0, 0.1) is 10.1 Å². The fourth-order valence-electron chi connectivity index (χ4n) is 2.73. The maximum atomic E-state index is 12.1. The van der Waals surface area contributed by atoms with Crippen LogP contribution in [-0.2, 0) is 4.79 Å². The van der Waals surface area contributed by atoms with Gasteiger partial charge in [-0.3, -0.25) is 19.7 Å². The summed E-state index contributed by atoms with van der Waals surface area (Å²) < 4.78 is 0. The average molecular weight is 319 g/mol. The topological polar surface area (TPSA) is 92.6 Å². The third-order valence-electron chi connectivity index (χ3n) is 4.09. The van der Waals surface area contributed by atoms with Gasteiger partial charge in [0.15, 0.2) is 0 Å². The SMILES string of the molecule is CC1CCCCN1C(=O)CCNC(=O)c1ccc([N+](=O)[O-])cc1. The molecule has 1 heterocycles. The van der Waals surface area contributed by atoms with Gasteiger partial charge >= 0.3 is 0 Å². The Labute approximate surface area is 134 Å². The minimum absolute atomic E-state index is 0.0567. The van der Waals surface area contributed by atoms with Crippen molar-refractivity contribution in [3.63, 3.8) is 0 Å². The van der Waals surface area contributed by atoms with Gasteiger partial charge in [0.05, 0.1) is 4.92 Å². The lowest BCUT2D eigenvalue weighted by molar-refractivity contribution is -0.384. The zero-order chi connectivity index (χ0) is 16.8. The Bertz CT molecular complexity index is 585. The monoisotopic (exact) mass is 319 g/mol. The van der Waals surface area contributed by atoms with Crippen molar-refractivity contribution in [1.29, 1.82) is 0 Å². The molecular formula is C16H21N3O4. The third kappa shape index (κ3) is 4.51. The molecular weight excluding hydrogens is 298 g/mol. The van der Waals surface area contributed by atoms with Crippen molar-refractivity contribution >= 4 is 17.5 Å². The van der Waals surface area contributed by atoms with Crippen LogP contribution < -0.4 is 5.32 Å². The quantitative estimate of drug-likeness (QED) is 0.664. The third-order valence-corrected chi connectivity index (χ3v) is 4.09. The van der Waals surface area contributed by atoms with Crippen molar-refractivity contribution in [2.24, 2.45) is 0 Å². The van der Waals surface area contributed by atoms with E-state index < -0.39 is 4.92 Å². The van der Waals surface area contributed by atoms with Crippen molar-refractivity contribution < 1.29 is 14.5 Å². The Morgan fingerprint density at radius 3 is 2.61 bits per heavy atom. The molecule has 7 nitrogen and oxygen atoms in total. The molecule has 1 fully saturated rings. The number of hydrogen-bond donors (Lipinski definition) is 1. The van der Waals surface area contributed by atoms with Gasteiger partial charge in [0.1, 0.15) is 0 Å². The van der Waals surface area contributed by atoms with Gasteiger partial charge in [-0.25, -0.2) is 0 Å². The lowest BCUT2D eigenvalue weighted by Crippen LogP contribution is -2.43. The van der Waals surface area contributed by atoms with Crippen LogP contribution >= 0.6 is 0 Å². The molecule has 124 valence electrons. The fraction of sp³-hybridized carbons (Fsp3) is 0.500. The number of nitrogens with one attached hydrogen (secondary N) is 1. The number of nitrogens with zero attached hydrogens (tertiary/aromatic N) is 2. The van der Waals surface area contributed by atoms with E-state index in [-0.39, 0.29) is 36.5 Å². The van der Waals surface area contributed by atoms with Gasteiger partial charge in [-0.2, -0.15) is 0 Å². The molecule has 1 aromatic rings. The van der Waals surface area contributed by atoms with Crippen LogP contribution in [-0.4, -0.2) is 40.8 Å². The standard InChI is InChI=1S/C16H21N3O4/c1-12-4-2-3-11-18(12)15(20)9-10-17-16(21)13-5-7-14(8-6-13)19(22)23/h5-8,12H,2-4,9-11H2,1H3,(H,17,21). The van der Waals surface area contributed by atoms with Crippen LogP contribution in [0.5, 0.6) is 0 Å². The summed E-state index contributed by atoms with van der Waals surface area (Å²) in [6.07, 6.45) is 3.48. The molecule has 2 rings (SSSR count). The summed E-state index contributed by atoms with van der Waals surface area (Å²) in [5.41, 5.74) is 0.283. The molecule has 0 aliphatic carbocycles. The number of amides is 2. The van der Waals surface area contributed by atoms with E-state index in [1.54, 1.807) is 0 Å². The first-order chi connectivity index (χ1) is 11.0. The number of hydrogen-bond acceptors (Lipinski definition) is 4.